The Hall–Kier alpha value is -4.80. The molecular formula is C65H105BF3N5O12S. The fourth-order valence-electron chi connectivity index (χ4n) is 12.0. The maximum atomic E-state index is 12.3. The van der Waals surface area contributed by atoms with Gasteiger partial charge in [0.15, 0.2) is 0 Å². The molecule has 87 heavy (non-hydrogen) atoms. The van der Waals surface area contributed by atoms with Gasteiger partial charge in [0.2, 0.25) is 5.91 Å². The van der Waals surface area contributed by atoms with E-state index in [2.05, 4.69) is 66.6 Å². The summed E-state index contributed by atoms with van der Waals surface area (Å²) in [6.07, 6.45) is 32.7. The van der Waals surface area contributed by atoms with Gasteiger partial charge in [0.05, 0.1) is 29.9 Å². The molecule has 4 heterocycles. The molecule has 5 aliphatic carbocycles. The van der Waals surface area contributed by atoms with Crippen LogP contribution in [0.1, 0.15) is 234 Å². The molecule has 7 aliphatic rings. The van der Waals surface area contributed by atoms with E-state index in [1.54, 1.807) is 25.2 Å². The number of aromatic amines is 1. The monoisotopic (exact) mass is 1250 g/mol. The summed E-state index contributed by atoms with van der Waals surface area (Å²) in [4.78, 5) is 63.4. The van der Waals surface area contributed by atoms with Crippen molar-refractivity contribution in [3.63, 3.8) is 0 Å². The number of hydroxylamine groups is 2. The molecule has 5 saturated carbocycles. The summed E-state index contributed by atoms with van der Waals surface area (Å²) in [5.74, 6) is 0.725. The van der Waals surface area contributed by atoms with Gasteiger partial charge in [0.25, 0.3) is 0 Å². The number of ketones is 1. The third-order valence-corrected chi connectivity index (χ3v) is 19.1. The minimum absolute atomic E-state index is 0.0289. The molecule has 2 aliphatic heterocycles. The number of alkyl halides is 3. The molecule has 1 atom stereocenters. The van der Waals surface area contributed by atoms with Gasteiger partial charge in [-0.15, -0.1) is 6.58 Å². The molecule has 17 nitrogen and oxygen atoms in total. The summed E-state index contributed by atoms with van der Waals surface area (Å²) in [5.41, 5.74) is -2.57. The van der Waals surface area contributed by atoms with Gasteiger partial charge in [-0.05, 0) is 155 Å². The standard InChI is InChI=1S/C18H24N4O2.C14H25BO2.C9H13F3O3S.C9H17NO2.C8H14O.C7H12O2/c1-12(15-14-7-8-19-16(14)21-11-20-15)13-6-5-9-22(10-13)17(23)24-18(2,3)4;1-11(12-9-7-6-8-10-12)15-16-13(2,3)14(4,5)17-15;1-7(8-5-3-2-4-6-8)15-16(13,14)9(10,11)12;1-10(12-2)9(11)8-6-4-3-5-7-8;1-7(9)8-5-3-2-4-6-8;8-7(9)6-4-2-1-3-5-6/h7-8,11,13H,1,5-6,9-10H2,2-4H3,(H,19,20,21);12H,1,6-10H2,2-5H3;8H,1-6H2;8H,3-7H2,1-2H3;8H,2-6H2,1H3;6H,1-5H2,(H,8,9). The first-order chi connectivity index (χ1) is 40.8. The largest absolute Gasteiger partial charge is 0.534 e. The quantitative estimate of drug-likeness (QED) is 0.0704. The fraction of sp³-hybridized carbons (Fsp3) is 0.754. The molecule has 2 saturated heterocycles. The Morgan fingerprint density at radius 2 is 1.15 bits per heavy atom. The normalized spacial score (nSPS) is 21.4. The van der Waals surface area contributed by atoms with E-state index in [1.165, 1.54) is 89.2 Å². The van der Waals surface area contributed by atoms with Gasteiger partial charge in [-0.25, -0.2) is 19.8 Å². The van der Waals surface area contributed by atoms with E-state index in [-0.39, 0.29) is 59.8 Å². The molecule has 0 radical (unpaired) electrons. The lowest BCUT2D eigenvalue weighted by Gasteiger charge is -2.34. The smallest absolute Gasteiger partial charge is 0.481 e. The van der Waals surface area contributed by atoms with Crippen LogP contribution in [0.25, 0.3) is 16.6 Å². The zero-order valence-electron chi connectivity index (χ0n) is 54.2. The third-order valence-electron chi connectivity index (χ3n) is 18.1. The van der Waals surface area contributed by atoms with Crippen molar-refractivity contribution >= 4 is 57.6 Å². The lowest BCUT2D eigenvalue weighted by Crippen LogP contribution is -2.43. The first-order valence-corrected chi connectivity index (χ1v) is 33.4. The van der Waals surface area contributed by atoms with E-state index in [1.807, 2.05) is 33.0 Å². The summed E-state index contributed by atoms with van der Waals surface area (Å²) in [5, 5.41) is 10.9. The lowest BCUT2D eigenvalue weighted by atomic mass is 9.67. The molecule has 2 N–H and O–H groups in total. The second-order valence-corrected chi connectivity index (χ2v) is 28.0. The topological polar surface area (TPSA) is 217 Å². The number of rotatable bonds is 11. The van der Waals surface area contributed by atoms with Crippen LogP contribution < -0.4 is 0 Å². The lowest BCUT2D eigenvalue weighted by molar-refractivity contribution is -0.174. The van der Waals surface area contributed by atoms with Gasteiger partial charge in [0.1, 0.15) is 29.1 Å². The molecular weight excluding hydrogens is 1140 g/mol. The number of fused-ring (bicyclic) bond motifs is 1. The molecule has 2 amide bonds. The van der Waals surface area contributed by atoms with Crippen molar-refractivity contribution in [3.8, 4) is 0 Å². The Morgan fingerprint density at radius 1 is 0.701 bits per heavy atom. The second-order valence-electron chi connectivity index (χ2n) is 26.5. The Balaban J connectivity index is 0.000000231. The van der Waals surface area contributed by atoms with Crippen LogP contribution in [0, 0.1) is 35.5 Å². The van der Waals surface area contributed by atoms with Crippen molar-refractivity contribution in [3.05, 3.63) is 55.3 Å². The number of allylic oxidation sites excluding steroid dienone is 2. The number of aromatic nitrogens is 3. The molecule has 0 aromatic carbocycles. The zero-order valence-corrected chi connectivity index (χ0v) is 55.0. The summed E-state index contributed by atoms with van der Waals surface area (Å²) in [6.45, 7) is 28.9. The number of piperidine rings is 1. The number of nitrogens with one attached hydrogen (secondary N) is 1. The Morgan fingerprint density at radius 3 is 1.57 bits per heavy atom. The minimum atomic E-state index is -5.55. The van der Waals surface area contributed by atoms with Crippen LogP contribution in [0.5, 0.6) is 0 Å². The Kier molecular flexibility index (Phi) is 30.0. The van der Waals surface area contributed by atoms with Gasteiger partial charge in [-0.3, -0.25) is 19.2 Å². The van der Waals surface area contributed by atoms with Gasteiger partial charge in [-0.1, -0.05) is 109 Å². The third kappa shape index (κ3) is 24.2. The summed E-state index contributed by atoms with van der Waals surface area (Å²) in [7, 11) is -2.55. The maximum absolute atomic E-state index is 12.3. The Labute approximate surface area is 518 Å². The Bertz CT molecular complexity index is 2590. The van der Waals surface area contributed by atoms with E-state index in [0.717, 1.165) is 118 Å². The average molecular weight is 1250 g/mol. The van der Waals surface area contributed by atoms with Crippen molar-refractivity contribution in [2.24, 2.45) is 35.5 Å². The number of amides is 2. The molecule has 0 spiro atoms. The van der Waals surface area contributed by atoms with Crippen molar-refractivity contribution in [1.29, 1.82) is 0 Å². The number of halogens is 3. The molecule has 9 rings (SSSR count). The van der Waals surface area contributed by atoms with E-state index < -0.39 is 27.2 Å². The predicted octanol–water partition coefficient (Wildman–Crippen LogP) is 15.7. The van der Waals surface area contributed by atoms with E-state index in [9.17, 15) is 40.8 Å². The molecule has 492 valence electrons. The number of likely N-dealkylation sites (tertiary alicyclic amines) is 1. The average Bonchev–Trinajstić information content (AvgIpc) is 2.12. The van der Waals surface area contributed by atoms with Crippen LogP contribution in [0.3, 0.4) is 0 Å². The highest BCUT2D eigenvalue weighted by atomic mass is 32.2. The summed E-state index contributed by atoms with van der Waals surface area (Å²) in [6, 6.07) is 1.96. The first-order valence-electron chi connectivity index (χ1n) is 32.0. The van der Waals surface area contributed by atoms with Crippen molar-refractivity contribution in [2.45, 2.75) is 251 Å². The van der Waals surface area contributed by atoms with Gasteiger partial charge >= 0.3 is 34.8 Å². The number of H-pyrrole nitrogens is 1. The number of ether oxygens (including phenoxy) is 1. The SMILES string of the molecule is C=C(B1OC(C)(C)C(C)(C)O1)C1CCCCC1.C=C(OS(=O)(=O)C(F)(F)F)C1CCCCC1.C=C(c1ncnc2[nH]ccc12)C1CCCN(C(=O)OC(C)(C)C)C1.CC(=O)C1CCCCC1.CON(C)C(=O)C1CCCCC1.O=C(O)C1CCCCC1. The number of carboxylic acids is 1. The fourth-order valence-corrected chi connectivity index (χ4v) is 12.5. The highest BCUT2D eigenvalue weighted by Crippen LogP contribution is 2.42. The number of aliphatic carboxylic acids is 1. The zero-order chi connectivity index (χ0) is 64.8. The van der Waals surface area contributed by atoms with E-state index in [4.69, 9.17) is 24.0 Å². The van der Waals surface area contributed by atoms with Crippen LogP contribution >= 0.6 is 0 Å². The number of hydrogen-bond donors (Lipinski definition) is 2. The number of carboxylic acid groups (broad SMARTS) is 1. The molecule has 7 fully saturated rings. The number of nitrogens with zero attached hydrogens (tertiary/aromatic N) is 4. The summed E-state index contributed by atoms with van der Waals surface area (Å²) < 4.78 is 79.0. The number of carbonyl (C=O) groups is 4. The van der Waals surface area contributed by atoms with Gasteiger partial charge in [-0.2, -0.15) is 21.6 Å². The maximum Gasteiger partial charge on any atom is 0.534 e. The molecule has 2 aromatic heterocycles. The van der Waals surface area contributed by atoms with E-state index in [0.29, 0.717) is 37.0 Å². The second kappa shape index (κ2) is 35.0. The number of Topliss-reactive ketones (excluding diaryl/α,β-unsaturated/α-hetero) is 1. The molecule has 0 bridgehead atoms. The molecule has 2 aromatic rings. The van der Waals surface area contributed by atoms with Crippen LogP contribution in [0.15, 0.2) is 49.6 Å². The predicted molar refractivity (Wildman–Crippen MR) is 335 cm³/mol. The number of hydrogen-bond acceptors (Lipinski definition) is 13. The van der Waals surface area contributed by atoms with Crippen LogP contribution in [-0.4, -0.2) is 119 Å². The van der Waals surface area contributed by atoms with E-state index >= 15 is 0 Å². The van der Waals surface area contributed by atoms with Crippen LogP contribution in [-0.2, 0) is 47.6 Å². The molecule has 22 heteroatoms. The van der Waals surface area contributed by atoms with Crippen LogP contribution in [0.4, 0.5) is 18.0 Å². The summed E-state index contributed by atoms with van der Waals surface area (Å²) >= 11 is 0. The van der Waals surface area contributed by atoms with Gasteiger partial charge in [0, 0.05) is 55.4 Å². The van der Waals surface area contributed by atoms with Crippen molar-refractivity contribution < 1.29 is 68.9 Å². The van der Waals surface area contributed by atoms with Crippen molar-refractivity contribution in [1.82, 2.24) is 24.9 Å². The van der Waals surface area contributed by atoms with Gasteiger partial charge < -0.3 is 33.2 Å². The highest BCUT2D eigenvalue weighted by molar-refractivity contribution is 7.87. The van der Waals surface area contributed by atoms with Crippen molar-refractivity contribution in [2.75, 3.05) is 27.2 Å². The minimum Gasteiger partial charge on any atom is -0.481 e. The van der Waals surface area contributed by atoms with Crippen LogP contribution in [0.2, 0.25) is 0 Å². The first kappa shape index (κ1) is 74.7. The highest BCUT2D eigenvalue weighted by Gasteiger charge is 2.53. The number of carbonyl (C=O) groups excluding carboxylic acids is 3. The molecule has 1 unspecified atom stereocenters.